The maximum atomic E-state index is 13.6. The third-order valence-corrected chi connectivity index (χ3v) is 7.40. The van der Waals surface area contributed by atoms with Gasteiger partial charge in [0.25, 0.3) is 17.4 Å². The van der Waals surface area contributed by atoms with Gasteiger partial charge >= 0.3 is 0 Å². The minimum absolute atomic E-state index is 0.00309. The molecule has 2 amide bonds. The molecule has 4 rings (SSSR count). The van der Waals surface area contributed by atoms with Crippen LogP contribution in [0.25, 0.3) is 17.5 Å². The molecule has 0 spiro atoms. The second-order valence-electron chi connectivity index (χ2n) is 9.21. The van der Waals surface area contributed by atoms with Gasteiger partial charge in [-0.15, -0.1) is 11.3 Å². The standard InChI is InChI=1S/C30H28N6O7S/c1-3-40-22-9-16(5-7-20(22)42-14-25(33)37)10-24-29(39)36-28(35)18(12-31)27(19(13-32)30(36)44-24)17-6-8-21(43-15-26(34)38)23(11-17)41-4-2/h5-11,27H,3-4,14-15,35H2,1-2H3,(H2,33,37)(H2,34,38)/b24-10-/t27-/m0/s1. The first-order chi connectivity index (χ1) is 21.1. The van der Waals surface area contributed by atoms with Gasteiger partial charge in [0, 0.05) is 0 Å². The average molecular weight is 617 g/mol. The first kappa shape index (κ1) is 31.2. The van der Waals surface area contributed by atoms with Crippen LogP contribution < -0.4 is 50.9 Å². The largest absolute Gasteiger partial charge is 0.490 e. The highest BCUT2D eigenvalue weighted by Crippen LogP contribution is 2.39. The monoisotopic (exact) mass is 616 g/mol. The quantitative estimate of drug-likeness (QED) is 0.254. The van der Waals surface area contributed by atoms with Crippen molar-refractivity contribution in [1.82, 2.24) is 4.57 Å². The van der Waals surface area contributed by atoms with Gasteiger partial charge in [-0.05, 0) is 55.3 Å². The molecule has 0 radical (unpaired) electrons. The highest BCUT2D eigenvalue weighted by molar-refractivity contribution is 7.07. The van der Waals surface area contributed by atoms with Crippen molar-refractivity contribution >= 4 is 40.6 Å². The topological polar surface area (TPSA) is 219 Å². The summed E-state index contributed by atoms with van der Waals surface area (Å²) in [5, 5.41) is 20.4. The molecule has 226 valence electrons. The first-order valence-electron chi connectivity index (χ1n) is 13.3. The Hall–Kier alpha value is -5.73. The summed E-state index contributed by atoms with van der Waals surface area (Å²) in [6, 6.07) is 13.9. The summed E-state index contributed by atoms with van der Waals surface area (Å²) in [6.45, 7) is 3.42. The second-order valence-corrected chi connectivity index (χ2v) is 10.2. The number of nitrogens with zero attached hydrogens (tertiary/aromatic N) is 3. The number of amides is 2. The molecule has 0 fully saturated rings. The van der Waals surface area contributed by atoms with Crippen LogP contribution in [0.4, 0.5) is 0 Å². The van der Waals surface area contributed by atoms with E-state index in [-0.39, 0.29) is 57.5 Å². The van der Waals surface area contributed by atoms with Crippen molar-refractivity contribution in [3.8, 4) is 35.1 Å². The van der Waals surface area contributed by atoms with E-state index in [4.69, 9.17) is 36.1 Å². The molecule has 1 atom stereocenters. The Kier molecular flexibility index (Phi) is 9.57. The van der Waals surface area contributed by atoms with Gasteiger partial charge in [0.05, 0.1) is 46.9 Å². The number of benzene rings is 2. The van der Waals surface area contributed by atoms with E-state index in [1.807, 2.05) is 0 Å². The number of thiazole rings is 1. The summed E-state index contributed by atoms with van der Waals surface area (Å²) < 4.78 is 23.9. The zero-order valence-corrected chi connectivity index (χ0v) is 24.6. The van der Waals surface area contributed by atoms with Crippen molar-refractivity contribution in [2.45, 2.75) is 19.8 Å². The van der Waals surface area contributed by atoms with Crippen LogP contribution in [-0.2, 0) is 9.59 Å². The lowest BCUT2D eigenvalue weighted by Crippen LogP contribution is -2.38. The smallest absolute Gasteiger partial charge is 0.274 e. The molecule has 0 unspecified atom stereocenters. The summed E-state index contributed by atoms with van der Waals surface area (Å²) in [6.07, 6.45) is 1.60. The third-order valence-electron chi connectivity index (χ3n) is 6.30. The van der Waals surface area contributed by atoms with Crippen molar-refractivity contribution in [2.24, 2.45) is 17.2 Å². The Labute approximate surface area is 255 Å². The van der Waals surface area contributed by atoms with Gasteiger partial charge in [-0.25, -0.2) is 0 Å². The Morgan fingerprint density at radius 2 is 1.45 bits per heavy atom. The van der Waals surface area contributed by atoms with Gasteiger partial charge in [0.15, 0.2) is 36.2 Å². The number of nitriles is 2. The fraction of sp³-hybridized carbons (Fsp3) is 0.233. The molecule has 1 aliphatic heterocycles. The van der Waals surface area contributed by atoms with Crippen molar-refractivity contribution in [1.29, 1.82) is 10.5 Å². The summed E-state index contributed by atoms with van der Waals surface area (Å²) in [5.74, 6) is -1.17. The molecular weight excluding hydrogens is 588 g/mol. The predicted molar refractivity (Wildman–Crippen MR) is 161 cm³/mol. The minimum atomic E-state index is -0.911. The fourth-order valence-electron chi connectivity index (χ4n) is 4.53. The normalized spacial score (nSPS) is 14.3. The van der Waals surface area contributed by atoms with Crippen LogP contribution in [0.2, 0.25) is 0 Å². The van der Waals surface area contributed by atoms with E-state index in [1.54, 1.807) is 56.3 Å². The van der Waals surface area contributed by atoms with Gasteiger partial charge < -0.3 is 36.1 Å². The molecule has 14 heteroatoms. The first-order valence-corrected chi connectivity index (χ1v) is 14.1. The van der Waals surface area contributed by atoms with Crippen molar-refractivity contribution in [3.05, 3.63) is 72.6 Å². The molecule has 0 aliphatic carbocycles. The highest BCUT2D eigenvalue weighted by atomic mass is 32.1. The number of ether oxygens (including phenoxy) is 4. The van der Waals surface area contributed by atoms with E-state index in [0.717, 1.165) is 15.9 Å². The van der Waals surface area contributed by atoms with Crippen molar-refractivity contribution in [3.63, 3.8) is 0 Å². The van der Waals surface area contributed by atoms with Crippen LogP contribution in [0.3, 0.4) is 0 Å². The molecule has 1 aromatic heterocycles. The summed E-state index contributed by atoms with van der Waals surface area (Å²) >= 11 is 1.04. The summed E-state index contributed by atoms with van der Waals surface area (Å²) in [5.41, 5.74) is 17.5. The Bertz CT molecular complexity index is 1930. The van der Waals surface area contributed by atoms with Crippen molar-refractivity contribution < 1.29 is 28.5 Å². The van der Waals surface area contributed by atoms with Gasteiger partial charge in [-0.1, -0.05) is 12.1 Å². The van der Waals surface area contributed by atoms with Crippen LogP contribution in [0, 0.1) is 22.7 Å². The SMILES string of the molecule is CCOc1cc(/C=c2\sc3n(c2=O)C(N)=C(C#N)[C@H](c2ccc(OCC(N)=O)c(OCC)c2)C=3C#N)ccc1OCC(N)=O. The second kappa shape index (κ2) is 13.5. The molecule has 0 saturated carbocycles. The molecule has 6 N–H and O–H groups in total. The van der Waals surface area contributed by atoms with Gasteiger partial charge in [-0.2, -0.15) is 10.5 Å². The molecule has 1 aliphatic rings. The maximum Gasteiger partial charge on any atom is 0.274 e. The highest BCUT2D eigenvalue weighted by Gasteiger charge is 2.33. The number of hydrogen-bond acceptors (Lipinski definition) is 11. The minimum Gasteiger partial charge on any atom is -0.490 e. The van der Waals surface area contributed by atoms with Crippen LogP contribution >= 0.6 is 11.3 Å². The van der Waals surface area contributed by atoms with E-state index in [9.17, 15) is 24.9 Å². The van der Waals surface area contributed by atoms with Gasteiger partial charge in [0.1, 0.15) is 10.5 Å². The van der Waals surface area contributed by atoms with E-state index >= 15 is 0 Å². The van der Waals surface area contributed by atoms with Crippen LogP contribution in [0.15, 0.2) is 46.8 Å². The number of rotatable bonds is 12. The van der Waals surface area contributed by atoms with E-state index in [0.29, 0.717) is 29.2 Å². The number of aromatic nitrogens is 1. The molecule has 2 aromatic carbocycles. The number of carbonyl (C=O) groups excluding carboxylic acids is 2. The van der Waals surface area contributed by atoms with Gasteiger partial charge in [-0.3, -0.25) is 19.0 Å². The van der Waals surface area contributed by atoms with E-state index in [2.05, 4.69) is 12.1 Å². The zero-order chi connectivity index (χ0) is 32.0. The maximum absolute atomic E-state index is 13.6. The molecule has 0 saturated heterocycles. The van der Waals surface area contributed by atoms with Crippen LogP contribution in [0.1, 0.15) is 30.9 Å². The number of fused-ring (bicyclic) bond motifs is 1. The fourth-order valence-corrected chi connectivity index (χ4v) is 5.66. The number of allylic oxidation sites excluding steroid dienone is 1. The Balaban J connectivity index is 1.88. The number of hydrogen-bond donors (Lipinski definition) is 3. The Morgan fingerprint density at radius 1 is 0.886 bits per heavy atom. The molecule has 3 aromatic rings. The number of nitrogens with two attached hydrogens (primary N) is 3. The number of primary amides is 2. The molecule has 0 bridgehead atoms. The third kappa shape index (κ3) is 6.35. The lowest BCUT2D eigenvalue weighted by molar-refractivity contribution is -0.120. The van der Waals surface area contributed by atoms with Crippen molar-refractivity contribution in [2.75, 3.05) is 26.4 Å². The Morgan fingerprint density at radius 3 is 2.00 bits per heavy atom. The number of carbonyl (C=O) groups is 2. The van der Waals surface area contributed by atoms with Crippen LogP contribution in [0.5, 0.6) is 23.0 Å². The summed E-state index contributed by atoms with van der Waals surface area (Å²) in [7, 11) is 0. The molecule has 44 heavy (non-hydrogen) atoms. The zero-order valence-electron chi connectivity index (χ0n) is 23.8. The molecular formula is C30H28N6O7S. The lowest BCUT2D eigenvalue weighted by Gasteiger charge is -2.23. The molecule has 2 heterocycles. The lowest BCUT2D eigenvalue weighted by atomic mass is 9.84. The van der Waals surface area contributed by atoms with Crippen LogP contribution in [-0.4, -0.2) is 42.8 Å². The average Bonchev–Trinajstić information content (AvgIpc) is 3.31. The van der Waals surface area contributed by atoms with E-state index < -0.39 is 23.3 Å². The van der Waals surface area contributed by atoms with Gasteiger partial charge in [0.2, 0.25) is 0 Å². The summed E-state index contributed by atoms with van der Waals surface area (Å²) in [4.78, 5) is 36.0. The van der Waals surface area contributed by atoms with E-state index in [1.165, 1.54) is 0 Å². The molecule has 13 nitrogen and oxygen atoms in total. The predicted octanol–water partition coefficient (Wildman–Crippen LogP) is 0.387.